The van der Waals surface area contributed by atoms with Gasteiger partial charge in [0.15, 0.2) is 0 Å². The number of hydrogen-bond acceptors (Lipinski definition) is 0. The second-order valence-corrected chi connectivity index (χ2v) is 9.78. The van der Waals surface area contributed by atoms with Crippen LogP contribution in [0.4, 0.5) is 0 Å². The van der Waals surface area contributed by atoms with E-state index in [0.29, 0.717) is 0 Å². The summed E-state index contributed by atoms with van der Waals surface area (Å²) in [5, 5.41) is 0. The normalized spacial score (nSPS) is 34.8. The van der Waals surface area contributed by atoms with E-state index < -0.39 is 0 Å². The van der Waals surface area contributed by atoms with Gasteiger partial charge in [0.1, 0.15) is 0 Å². The fourth-order valence-corrected chi connectivity index (χ4v) is 5.94. The van der Waals surface area contributed by atoms with Gasteiger partial charge in [-0.1, -0.05) is 129 Å². The Labute approximate surface area is 159 Å². The highest BCUT2D eigenvalue weighted by molar-refractivity contribution is 4.78. The SMILES string of the molecule is CCCC1CCCCCCCCCCC(C2CCCC(C)C2)CCC1. The summed E-state index contributed by atoms with van der Waals surface area (Å²) in [4.78, 5) is 0. The molecule has 0 aliphatic heterocycles. The third kappa shape index (κ3) is 8.96. The predicted octanol–water partition coefficient (Wildman–Crippen LogP) is 8.93. The van der Waals surface area contributed by atoms with Gasteiger partial charge in [0.25, 0.3) is 0 Å². The second-order valence-electron chi connectivity index (χ2n) is 9.78. The Balaban J connectivity index is 1.86. The van der Waals surface area contributed by atoms with Crippen molar-refractivity contribution >= 4 is 0 Å². The van der Waals surface area contributed by atoms with Gasteiger partial charge in [-0.2, -0.15) is 0 Å². The summed E-state index contributed by atoms with van der Waals surface area (Å²) in [6, 6.07) is 0. The van der Waals surface area contributed by atoms with Crippen LogP contribution in [0.5, 0.6) is 0 Å². The monoisotopic (exact) mass is 348 g/mol. The fourth-order valence-electron chi connectivity index (χ4n) is 5.94. The molecule has 4 atom stereocenters. The standard InChI is InChI=1S/C25H48/c1-3-14-23-16-10-8-6-4-5-7-9-11-18-24(19-13-17-23)25-20-12-15-22(2)21-25/h22-25H,3-21H2,1-2H3. The molecule has 0 nitrogen and oxygen atoms in total. The first kappa shape index (κ1) is 21.3. The van der Waals surface area contributed by atoms with Crippen molar-refractivity contribution in [1.29, 1.82) is 0 Å². The molecule has 2 aliphatic rings. The molecule has 148 valence electrons. The molecule has 2 aliphatic carbocycles. The van der Waals surface area contributed by atoms with E-state index in [0.717, 1.165) is 23.7 Å². The minimum atomic E-state index is 1.00. The van der Waals surface area contributed by atoms with Crippen LogP contribution in [0.2, 0.25) is 0 Å². The van der Waals surface area contributed by atoms with Gasteiger partial charge in [-0.15, -0.1) is 0 Å². The summed E-state index contributed by atoms with van der Waals surface area (Å²) in [7, 11) is 0. The molecule has 0 aromatic rings. The Kier molecular flexibility index (Phi) is 11.3. The van der Waals surface area contributed by atoms with Gasteiger partial charge in [-0.25, -0.2) is 0 Å². The van der Waals surface area contributed by atoms with Crippen molar-refractivity contribution in [3.05, 3.63) is 0 Å². The lowest BCUT2D eigenvalue weighted by molar-refractivity contribution is 0.178. The molecule has 2 saturated carbocycles. The molecule has 0 heterocycles. The van der Waals surface area contributed by atoms with Gasteiger partial charge in [0.2, 0.25) is 0 Å². The molecular weight excluding hydrogens is 300 g/mol. The number of rotatable bonds is 3. The molecule has 2 fully saturated rings. The summed E-state index contributed by atoms with van der Waals surface area (Å²) < 4.78 is 0. The van der Waals surface area contributed by atoms with Crippen molar-refractivity contribution < 1.29 is 0 Å². The average molecular weight is 349 g/mol. The molecule has 25 heavy (non-hydrogen) atoms. The van der Waals surface area contributed by atoms with E-state index in [1.165, 1.54) is 96.3 Å². The largest absolute Gasteiger partial charge is 0.0654 e. The number of hydrogen-bond donors (Lipinski definition) is 0. The van der Waals surface area contributed by atoms with Crippen molar-refractivity contribution in [2.45, 2.75) is 136 Å². The van der Waals surface area contributed by atoms with Gasteiger partial charge in [0, 0.05) is 0 Å². The van der Waals surface area contributed by atoms with Crippen molar-refractivity contribution in [2.75, 3.05) is 0 Å². The van der Waals surface area contributed by atoms with Crippen molar-refractivity contribution in [3.63, 3.8) is 0 Å². The molecule has 2 rings (SSSR count). The summed E-state index contributed by atoms with van der Waals surface area (Å²) in [6.45, 7) is 4.90. The molecule has 0 N–H and O–H groups in total. The van der Waals surface area contributed by atoms with Gasteiger partial charge in [0.05, 0.1) is 0 Å². The van der Waals surface area contributed by atoms with Crippen LogP contribution in [0.1, 0.15) is 136 Å². The molecular formula is C25H48. The molecule has 0 heteroatoms. The molecule has 0 radical (unpaired) electrons. The van der Waals surface area contributed by atoms with Crippen LogP contribution in [0, 0.1) is 23.7 Å². The lowest BCUT2D eigenvalue weighted by Crippen LogP contribution is -2.22. The molecule has 0 amide bonds. The van der Waals surface area contributed by atoms with Crippen molar-refractivity contribution in [1.82, 2.24) is 0 Å². The predicted molar refractivity (Wildman–Crippen MR) is 113 cm³/mol. The van der Waals surface area contributed by atoms with Gasteiger partial charge < -0.3 is 0 Å². The highest BCUT2D eigenvalue weighted by Crippen LogP contribution is 2.38. The van der Waals surface area contributed by atoms with E-state index in [4.69, 9.17) is 0 Å². The maximum absolute atomic E-state index is 2.51. The van der Waals surface area contributed by atoms with Crippen LogP contribution >= 0.6 is 0 Å². The van der Waals surface area contributed by atoms with E-state index in [9.17, 15) is 0 Å². The van der Waals surface area contributed by atoms with Crippen LogP contribution in [-0.2, 0) is 0 Å². The van der Waals surface area contributed by atoms with E-state index in [2.05, 4.69) is 13.8 Å². The zero-order valence-electron chi connectivity index (χ0n) is 17.7. The van der Waals surface area contributed by atoms with E-state index in [-0.39, 0.29) is 0 Å². The molecule has 0 saturated heterocycles. The topological polar surface area (TPSA) is 0 Å². The summed E-state index contributed by atoms with van der Waals surface area (Å²) in [6.07, 6.45) is 28.7. The first-order valence-corrected chi connectivity index (χ1v) is 12.3. The molecule has 4 unspecified atom stereocenters. The summed E-state index contributed by atoms with van der Waals surface area (Å²) in [5.41, 5.74) is 0. The van der Waals surface area contributed by atoms with Crippen molar-refractivity contribution in [2.24, 2.45) is 23.7 Å². The third-order valence-corrected chi connectivity index (χ3v) is 7.47. The van der Waals surface area contributed by atoms with Gasteiger partial charge in [-0.05, 0) is 30.1 Å². The second kappa shape index (κ2) is 13.2. The summed E-state index contributed by atoms with van der Waals surface area (Å²) in [5.74, 6) is 4.18. The first-order valence-electron chi connectivity index (χ1n) is 12.3. The maximum atomic E-state index is 2.51. The lowest BCUT2D eigenvalue weighted by atomic mass is 9.72. The smallest absolute Gasteiger partial charge is 0.0383 e. The van der Waals surface area contributed by atoms with Crippen LogP contribution in [0.25, 0.3) is 0 Å². The Morgan fingerprint density at radius 1 is 0.560 bits per heavy atom. The lowest BCUT2D eigenvalue weighted by Gasteiger charge is -2.34. The highest BCUT2D eigenvalue weighted by atomic mass is 14.3. The average Bonchev–Trinajstić information content (AvgIpc) is 2.61. The Morgan fingerprint density at radius 3 is 1.76 bits per heavy atom. The quantitative estimate of drug-likeness (QED) is 0.477. The third-order valence-electron chi connectivity index (χ3n) is 7.47. The molecule has 0 aromatic carbocycles. The minimum absolute atomic E-state index is 1.00. The Bertz CT molecular complexity index is 307. The van der Waals surface area contributed by atoms with Gasteiger partial charge >= 0.3 is 0 Å². The highest BCUT2D eigenvalue weighted by Gasteiger charge is 2.26. The zero-order valence-corrected chi connectivity index (χ0v) is 17.7. The molecule has 0 aromatic heterocycles. The molecule has 0 spiro atoms. The maximum Gasteiger partial charge on any atom is -0.0383 e. The van der Waals surface area contributed by atoms with E-state index >= 15 is 0 Å². The van der Waals surface area contributed by atoms with Crippen LogP contribution < -0.4 is 0 Å². The first-order chi connectivity index (χ1) is 12.3. The molecule has 0 bridgehead atoms. The fraction of sp³-hybridized carbons (Fsp3) is 1.00. The Hall–Kier alpha value is 0. The van der Waals surface area contributed by atoms with Crippen LogP contribution in [0.3, 0.4) is 0 Å². The van der Waals surface area contributed by atoms with E-state index in [1.54, 1.807) is 25.7 Å². The van der Waals surface area contributed by atoms with Crippen LogP contribution in [0.15, 0.2) is 0 Å². The Morgan fingerprint density at radius 2 is 1.08 bits per heavy atom. The summed E-state index contributed by atoms with van der Waals surface area (Å²) >= 11 is 0. The zero-order chi connectivity index (χ0) is 17.7. The van der Waals surface area contributed by atoms with Gasteiger partial charge in [-0.3, -0.25) is 0 Å². The minimum Gasteiger partial charge on any atom is -0.0654 e. The van der Waals surface area contributed by atoms with Crippen LogP contribution in [-0.4, -0.2) is 0 Å². The van der Waals surface area contributed by atoms with E-state index in [1.807, 2.05) is 0 Å². The van der Waals surface area contributed by atoms with Crippen molar-refractivity contribution in [3.8, 4) is 0 Å².